The van der Waals surface area contributed by atoms with Gasteiger partial charge in [-0.25, -0.2) is 8.78 Å². The van der Waals surface area contributed by atoms with E-state index in [2.05, 4.69) is 0 Å². The van der Waals surface area contributed by atoms with Crippen LogP contribution in [0.3, 0.4) is 0 Å². The Balaban J connectivity index is 2.27. The Labute approximate surface area is 147 Å². The number of benzene rings is 1. The van der Waals surface area contributed by atoms with Gasteiger partial charge in [0, 0.05) is 12.8 Å². The lowest BCUT2D eigenvalue weighted by Crippen LogP contribution is -2.23. The summed E-state index contributed by atoms with van der Waals surface area (Å²) in [5.41, 5.74) is 0.367. The maximum Gasteiger partial charge on any atom is 0.306 e. The van der Waals surface area contributed by atoms with Gasteiger partial charge in [-0.2, -0.15) is 0 Å². The highest BCUT2D eigenvalue weighted by Crippen LogP contribution is 2.15. The second kappa shape index (κ2) is 10.8. The van der Waals surface area contributed by atoms with Gasteiger partial charge in [-0.3, -0.25) is 9.59 Å². The van der Waals surface area contributed by atoms with E-state index in [0.29, 0.717) is 12.0 Å². The molecule has 0 amide bonds. The van der Waals surface area contributed by atoms with Gasteiger partial charge in [-0.1, -0.05) is 33.3 Å². The molecule has 1 rings (SSSR count). The van der Waals surface area contributed by atoms with E-state index in [1.54, 1.807) is 0 Å². The molecule has 140 valence electrons. The normalized spacial score (nSPS) is 12.1. The first-order valence-electron chi connectivity index (χ1n) is 8.62. The largest absolute Gasteiger partial charge is 0.462 e. The summed E-state index contributed by atoms with van der Waals surface area (Å²) in [6.07, 6.45) is 2.20. The first kappa shape index (κ1) is 21.1. The number of rotatable bonds is 10. The maximum absolute atomic E-state index is 13.0. The molecule has 0 aromatic heterocycles. The Hall–Kier alpha value is -1.98. The lowest BCUT2D eigenvalue weighted by Gasteiger charge is -2.20. The van der Waals surface area contributed by atoms with Crippen LogP contribution in [0, 0.1) is 17.6 Å². The Kier molecular flexibility index (Phi) is 9.10. The zero-order valence-electron chi connectivity index (χ0n) is 15.0. The van der Waals surface area contributed by atoms with E-state index in [-0.39, 0.29) is 37.4 Å². The molecule has 6 heteroatoms. The number of hydrogen-bond donors (Lipinski definition) is 0. The average molecular weight is 356 g/mol. The van der Waals surface area contributed by atoms with Crippen molar-refractivity contribution in [2.45, 2.75) is 65.6 Å². The minimum Gasteiger partial charge on any atom is -0.462 e. The van der Waals surface area contributed by atoms with E-state index in [1.807, 2.05) is 20.8 Å². The zero-order chi connectivity index (χ0) is 18.8. The molecule has 0 aliphatic heterocycles. The Morgan fingerprint density at radius 1 is 1.08 bits per heavy atom. The summed E-state index contributed by atoms with van der Waals surface area (Å²) >= 11 is 0. The molecule has 0 aliphatic carbocycles. The average Bonchev–Trinajstić information content (AvgIpc) is 2.55. The third-order valence-corrected chi connectivity index (χ3v) is 3.75. The van der Waals surface area contributed by atoms with Gasteiger partial charge < -0.3 is 9.47 Å². The quantitative estimate of drug-likeness (QED) is 0.577. The van der Waals surface area contributed by atoms with Gasteiger partial charge in [-0.05, 0) is 36.5 Å². The van der Waals surface area contributed by atoms with E-state index in [0.717, 1.165) is 25.0 Å². The van der Waals surface area contributed by atoms with Crippen LogP contribution in [0.2, 0.25) is 0 Å². The molecule has 25 heavy (non-hydrogen) atoms. The van der Waals surface area contributed by atoms with Crippen molar-refractivity contribution in [3.63, 3.8) is 0 Å². The SMILES string of the molecule is CCCC(OC(=O)CCCC(=O)OCc1ccc(F)c(F)c1)C(C)C. The number of hydrogen-bond acceptors (Lipinski definition) is 4. The number of carbonyl (C=O) groups excluding carboxylic acids is 2. The molecule has 1 unspecified atom stereocenters. The van der Waals surface area contributed by atoms with Crippen molar-refractivity contribution in [1.29, 1.82) is 0 Å². The molecule has 1 aromatic rings. The van der Waals surface area contributed by atoms with Crippen molar-refractivity contribution in [3.8, 4) is 0 Å². The van der Waals surface area contributed by atoms with E-state index >= 15 is 0 Å². The summed E-state index contributed by atoms with van der Waals surface area (Å²) in [4.78, 5) is 23.5. The van der Waals surface area contributed by atoms with Crippen LogP contribution in [0.4, 0.5) is 8.78 Å². The molecule has 0 radical (unpaired) electrons. The molecule has 0 N–H and O–H groups in total. The van der Waals surface area contributed by atoms with Crippen LogP contribution in [0.1, 0.15) is 58.4 Å². The summed E-state index contributed by atoms with van der Waals surface area (Å²) in [6, 6.07) is 3.32. The highest BCUT2D eigenvalue weighted by molar-refractivity contribution is 5.72. The van der Waals surface area contributed by atoms with Gasteiger partial charge in [0.15, 0.2) is 11.6 Å². The summed E-state index contributed by atoms with van der Waals surface area (Å²) in [6.45, 7) is 5.91. The van der Waals surface area contributed by atoms with Crippen LogP contribution in [0.25, 0.3) is 0 Å². The van der Waals surface area contributed by atoms with Crippen LogP contribution in [-0.2, 0) is 25.7 Å². The topological polar surface area (TPSA) is 52.6 Å². The van der Waals surface area contributed by atoms with E-state index in [1.165, 1.54) is 6.07 Å². The number of ether oxygens (including phenoxy) is 2. The first-order valence-corrected chi connectivity index (χ1v) is 8.62. The van der Waals surface area contributed by atoms with Crippen molar-refractivity contribution < 1.29 is 27.8 Å². The molecule has 0 heterocycles. The lowest BCUT2D eigenvalue weighted by atomic mass is 10.0. The lowest BCUT2D eigenvalue weighted by molar-refractivity contribution is -0.152. The number of esters is 2. The van der Waals surface area contributed by atoms with Crippen molar-refractivity contribution >= 4 is 11.9 Å². The van der Waals surface area contributed by atoms with Crippen LogP contribution >= 0.6 is 0 Å². The minimum absolute atomic E-state index is 0.0684. The molecular formula is C19H26F2O4. The fourth-order valence-electron chi connectivity index (χ4n) is 2.28. The molecule has 0 aliphatic rings. The maximum atomic E-state index is 13.0. The van der Waals surface area contributed by atoms with Gasteiger partial charge in [0.2, 0.25) is 0 Å². The predicted molar refractivity (Wildman–Crippen MR) is 89.6 cm³/mol. The summed E-state index contributed by atoms with van der Waals surface area (Å²) in [5.74, 6) is -2.49. The van der Waals surface area contributed by atoms with Crippen LogP contribution in [0.15, 0.2) is 18.2 Å². The van der Waals surface area contributed by atoms with Gasteiger partial charge in [0.05, 0.1) is 0 Å². The van der Waals surface area contributed by atoms with Crippen molar-refractivity contribution in [2.24, 2.45) is 5.92 Å². The summed E-state index contributed by atoms with van der Waals surface area (Å²) in [7, 11) is 0. The third-order valence-electron chi connectivity index (χ3n) is 3.75. The fraction of sp³-hybridized carbons (Fsp3) is 0.579. The van der Waals surface area contributed by atoms with E-state index < -0.39 is 17.6 Å². The van der Waals surface area contributed by atoms with Crippen LogP contribution in [0.5, 0.6) is 0 Å². The highest BCUT2D eigenvalue weighted by atomic mass is 19.2. The van der Waals surface area contributed by atoms with Crippen LogP contribution in [-0.4, -0.2) is 18.0 Å². The second-order valence-electron chi connectivity index (χ2n) is 6.32. The standard InChI is InChI=1S/C19H26F2O4/c1-4-6-17(13(2)3)25-19(23)8-5-7-18(22)24-12-14-9-10-15(20)16(21)11-14/h9-11,13,17H,4-8,12H2,1-3H3. The van der Waals surface area contributed by atoms with Crippen molar-refractivity contribution in [3.05, 3.63) is 35.4 Å². The molecule has 0 saturated heterocycles. The third kappa shape index (κ3) is 8.09. The van der Waals surface area contributed by atoms with E-state index in [9.17, 15) is 18.4 Å². The highest BCUT2D eigenvalue weighted by Gasteiger charge is 2.17. The molecule has 0 bridgehead atoms. The molecule has 1 atom stereocenters. The van der Waals surface area contributed by atoms with Crippen molar-refractivity contribution in [1.82, 2.24) is 0 Å². The van der Waals surface area contributed by atoms with E-state index in [4.69, 9.17) is 9.47 Å². The predicted octanol–water partition coefficient (Wildman–Crippen LogP) is 4.55. The van der Waals surface area contributed by atoms with Crippen LogP contribution < -0.4 is 0 Å². The van der Waals surface area contributed by atoms with Crippen molar-refractivity contribution in [2.75, 3.05) is 0 Å². The first-order chi connectivity index (χ1) is 11.8. The Morgan fingerprint density at radius 3 is 2.36 bits per heavy atom. The minimum atomic E-state index is -0.983. The molecule has 0 fully saturated rings. The Bertz CT molecular complexity index is 573. The van der Waals surface area contributed by atoms with Gasteiger partial charge in [-0.15, -0.1) is 0 Å². The smallest absolute Gasteiger partial charge is 0.306 e. The van der Waals surface area contributed by atoms with Gasteiger partial charge in [0.25, 0.3) is 0 Å². The van der Waals surface area contributed by atoms with Gasteiger partial charge >= 0.3 is 11.9 Å². The summed E-state index contributed by atoms with van der Waals surface area (Å²) in [5, 5.41) is 0. The fourth-order valence-corrected chi connectivity index (χ4v) is 2.28. The molecular weight excluding hydrogens is 330 g/mol. The second-order valence-corrected chi connectivity index (χ2v) is 6.32. The zero-order valence-corrected chi connectivity index (χ0v) is 15.0. The Morgan fingerprint density at radius 2 is 1.76 bits per heavy atom. The summed E-state index contributed by atoms with van der Waals surface area (Å²) < 4.78 is 36.2. The molecule has 4 nitrogen and oxygen atoms in total. The monoisotopic (exact) mass is 356 g/mol. The number of halogens is 2. The molecule has 1 aromatic carbocycles. The molecule has 0 saturated carbocycles. The number of carbonyl (C=O) groups is 2. The van der Waals surface area contributed by atoms with Gasteiger partial charge in [0.1, 0.15) is 12.7 Å². The molecule has 0 spiro atoms.